The van der Waals surface area contributed by atoms with Crippen LogP contribution in [-0.2, 0) is 5.41 Å². The summed E-state index contributed by atoms with van der Waals surface area (Å²) in [6.45, 7) is 6.66. The third kappa shape index (κ3) is 3.39. The molecule has 126 valence electrons. The van der Waals surface area contributed by atoms with Crippen molar-refractivity contribution in [2.24, 2.45) is 0 Å². The van der Waals surface area contributed by atoms with Gasteiger partial charge in [0.15, 0.2) is 0 Å². The molecule has 0 radical (unpaired) electrons. The van der Waals surface area contributed by atoms with E-state index in [1.165, 1.54) is 11.1 Å². The summed E-state index contributed by atoms with van der Waals surface area (Å²) >= 11 is 0. The van der Waals surface area contributed by atoms with Crippen molar-refractivity contribution >= 4 is 0 Å². The molecule has 2 heteroatoms. The van der Waals surface area contributed by atoms with E-state index < -0.39 is 0 Å². The van der Waals surface area contributed by atoms with Gasteiger partial charge in [-0.25, -0.2) is 0 Å². The van der Waals surface area contributed by atoms with Gasteiger partial charge in [0.05, 0.1) is 7.11 Å². The molecule has 0 aliphatic heterocycles. The molecular formula is C22H27NO. The number of hydrogen-bond acceptors (Lipinski definition) is 2. The predicted octanol–water partition coefficient (Wildman–Crippen LogP) is 4.70. The second-order valence-electron chi connectivity index (χ2n) is 7.63. The van der Waals surface area contributed by atoms with Crippen LogP contribution in [0.4, 0.5) is 0 Å². The van der Waals surface area contributed by atoms with Crippen LogP contribution >= 0.6 is 0 Å². The molecule has 0 fully saturated rings. The second-order valence-corrected chi connectivity index (χ2v) is 7.63. The first kappa shape index (κ1) is 16.8. The molecule has 2 atom stereocenters. The van der Waals surface area contributed by atoms with Crippen molar-refractivity contribution in [1.82, 2.24) is 5.32 Å². The summed E-state index contributed by atoms with van der Waals surface area (Å²) in [6.07, 6.45) is 5.72. The molecule has 2 aromatic rings. The van der Waals surface area contributed by atoms with Gasteiger partial charge >= 0.3 is 0 Å². The first-order chi connectivity index (χ1) is 11.4. The summed E-state index contributed by atoms with van der Waals surface area (Å²) in [7, 11) is 1.71. The van der Waals surface area contributed by atoms with Gasteiger partial charge in [0.25, 0.3) is 0 Å². The molecule has 0 heterocycles. The van der Waals surface area contributed by atoms with Crippen LogP contribution < -0.4 is 10.1 Å². The molecule has 0 bridgehead atoms. The van der Waals surface area contributed by atoms with Gasteiger partial charge in [-0.1, -0.05) is 54.6 Å². The van der Waals surface area contributed by atoms with E-state index in [1.54, 1.807) is 7.11 Å². The highest BCUT2D eigenvalue weighted by Gasteiger charge is 2.38. The minimum atomic E-state index is -0.0869. The third-order valence-corrected chi connectivity index (χ3v) is 4.67. The number of rotatable bonds is 4. The van der Waals surface area contributed by atoms with Gasteiger partial charge in [-0.15, -0.1) is 0 Å². The molecule has 0 amide bonds. The minimum Gasteiger partial charge on any atom is -0.497 e. The standard InChI is InChI=1S/C22H27NO/c1-21(2,3)23-19-14-15-22(16-19,17-8-6-5-7-9-17)18-10-12-20(24-4)13-11-18/h5-15,19,23H,16H2,1-4H3. The summed E-state index contributed by atoms with van der Waals surface area (Å²) in [4.78, 5) is 0. The number of nitrogens with one attached hydrogen (secondary N) is 1. The number of benzene rings is 2. The number of hydrogen-bond donors (Lipinski definition) is 1. The van der Waals surface area contributed by atoms with E-state index in [0.717, 1.165) is 12.2 Å². The monoisotopic (exact) mass is 321 g/mol. The quantitative estimate of drug-likeness (QED) is 0.824. The van der Waals surface area contributed by atoms with Crippen molar-refractivity contribution < 1.29 is 4.74 Å². The van der Waals surface area contributed by atoms with Crippen molar-refractivity contribution in [3.05, 3.63) is 77.9 Å². The van der Waals surface area contributed by atoms with E-state index in [9.17, 15) is 0 Å². The lowest BCUT2D eigenvalue weighted by atomic mass is 9.73. The summed E-state index contributed by atoms with van der Waals surface area (Å²) in [5.41, 5.74) is 2.66. The van der Waals surface area contributed by atoms with Gasteiger partial charge in [0.2, 0.25) is 0 Å². The highest BCUT2D eigenvalue weighted by Crippen LogP contribution is 2.42. The molecule has 0 saturated heterocycles. The summed E-state index contributed by atoms with van der Waals surface area (Å²) in [5, 5.41) is 3.72. The topological polar surface area (TPSA) is 21.3 Å². The lowest BCUT2D eigenvalue weighted by Crippen LogP contribution is -2.43. The summed E-state index contributed by atoms with van der Waals surface area (Å²) in [6, 6.07) is 19.6. The molecule has 1 N–H and O–H groups in total. The molecule has 0 spiro atoms. The first-order valence-corrected chi connectivity index (χ1v) is 8.60. The average Bonchev–Trinajstić information content (AvgIpc) is 2.99. The molecule has 3 rings (SSSR count). The van der Waals surface area contributed by atoms with E-state index in [1.807, 2.05) is 0 Å². The Balaban J connectivity index is 1.99. The molecule has 24 heavy (non-hydrogen) atoms. The Morgan fingerprint density at radius 3 is 2.17 bits per heavy atom. The fraction of sp³-hybridized carbons (Fsp3) is 0.364. The summed E-state index contributed by atoms with van der Waals surface area (Å²) in [5.74, 6) is 0.897. The molecule has 2 nitrogen and oxygen atoms in total. The van der Waals surface area contributed by atoms with Crippen molar-refractivity contribution in [1.29, 1.82) is 0 Å². The molecule has 1 aliphatic carbocycles. The van der Waals surface area contributed by atoms with Crippen LogP contribution in [0.3, 0.4) is 0 Å². The SMILES string of the molecule is COc1ccc(C2(c3ccccc3)C=CC(NC(C)(C)C)C2)cc1. The van der Waals surface area contributed by atoms with E-state index in [4.69, 9.17) is 4.74 Å². The van der Waals surface area contributed by atoms with Gasteiger partial charge in [-0.05, 0) is 50.5 Å². The molecule has 2 aromatic carbocycles. The Morgan fingerprint density at radius 1 is 0.958 bits per heavy atom. The Kier molecular flexibility index (Phi) is 4.51. The Hall–Kier alpha value is -2.06. The maximum absolute atomic E-state index is 5.33. The maximum Gasteiger partial charge on any atom is 0.118 e. The van der Waals surface area contributed by atoms with Crippen LogP contribution in [0, 0.1) is 0 Å². The lowest BCUT2D eigenvalue weighted by Gasteiger charge is -2.32. The molecular weight excluding hydrogens is 294 g/mol. The molecule has 0 saturated carbocycles. The van der Waals surface area contributed by atoms with E-state index in [-0.39, 0.29) is 11.0 Å². The maximum atomic E-state index is 5.33. The third-order valence-electron chi connectivity index (χ3n) is 4.67. The molecule has 0 aromatic heterocycles. The largest absolute Gasteiger partial charge is 0.497 e. The first-order valence-electron chi connectivity index (χ1n) is 8.60. The zero-order valence-electron chi connectivity index (χ0n) is 15.0. The minimum absolute atomic E-state index is 0.0869. The van der Waals surface area contributed by atoms with Crippen LogP contribution in [0.25, 0.3) is 0 Å². The van der Waals surface area contributed by atoms with Crippen LogP contribution in [0.1, 0.15) is 38.3 Å². The van der Waals surface area contributed by atoms with Crippen LogP contribution in [0.15, 0.2) is 66.7 Å². The molecule has 2 unspecified atom stereocenters. The van der Waals surface area contributed by atoms with E-state index >= 15 is 0 Å². The number of ether oxygens (including phenoxy) is 1. The smallest absolute Gasteiger partial charge is 0.118 e. The number of allylic oxidation sites excluding steroid dienone is 1. The number of methoxy groups -OCH3 is 1. The van der Waals surface area contributed by atoms with Crippen molar-refractivity contribution in [3.63, 3.8) is 0 Å². The van der Waals surface area contributed by atoms with E-state index in [0.29, 0.717) is 6.04 Å². The Morgan fingerprint density at radius 2 is 1.58 bits per heavy atom. The average molecular weight is 321 g/mol. The zero-order valence-corrected chi connectivity index (χ0v) is 15.0. The normalized spacial score (nSPS) is 23.4. The van der Waals surface area contributed by atoms with Crippen molar-refractivity contribution in [3.8, 4) is 5.75 Å². The van der Waals surface area contributed by atoms with E-state index in [2.05, 4.69) is 92.8 Å². The molecule has 1 aliphatic rings. The highest BCUT2D eigenvalue weighted by atomic mass is 16.5. The zero-order chi connectivity index (χ0) is 17.2. The van der Waals surface area contributed by atoms with Crippen molar-refractivity contribution in [2.45, 2.75) is 44.2 Å². The van der Waals surface area contributed by atoms with Gasteiger partial charge in [-0.2, -0.15) is 0 Å². The lowest BCUT2D eigenvalue weighted by molar-refractivity contribution is 0.371. The van der Waals surface area contributed by atoms with Gasteiger partial charge in [0.1, 0.15) is 5.75 Å². The Labute approximate surface area is 145 Å². The fourth-order valence-corrected chi connectivity index (χ4v) is 3.64. The van der Waals surface area contributed by atoms with Gasteiger partial charge in [-0.3, -0.25) is 0 Å². The highest BCUT2D eigenvalue weighted by molar-refractivity contribution is 5.48. The fourth-order valence-electron chi connectivity index (χ4n) is 3.64. The Bertz CT molecular complexity index is 697. The van der Waals surface area contributed by atoms with Crippen LogP contribution in [-0.4, -0.2) is 18.7 Å². The van der Waals surface area contributed by atoms with Gasteiger partial charge in [0, 0.05) is 17.0 Å². The second kappa shape index (κ2) is 6.45. The summed E-state index contributed by atoms with van der Waals surface area (Å²) < 4.78 is 5.33. The van der Waals surface area contributed by atoms with Crippen molar-refractivity contribution in [2.75, 3.05) is 7.11 Å². The van der Waals surface area contributed by atoms with Gasteiger partial charge < -0.3 is 10.1 Å². The van der Waals surface area contributed by atoms with Crippen LogP contribution in [0.2, 0.25) is 0 Å². The van der Waals surface area contributed by atoms with Crippen LogP contribution in [0.5, 0.6) is 5.75 Å². The predicted molar refractivity (Wildman–Crippen MR) is 101 cm³/mol.